The smallest absolute Gasteiger partial charge is 0.191 e. The maximum absolute atomic E-state index is 4.62. The van der Waals surface area contributed by atoms with Crippen molar-refractivity contribution in [2.45, 2.75) is 33.2 Å². The third-order valence-electron chi connectivity index (χ3n) is 3.24. The molecule has 1 unspecified atom stereocenters. The summed E-state index contributed by atoms with van der Waals surface area (Å²) in [5.41, 5.74) is 1.22. The van der Waals surface area contributed by atoms with Gasteiger partial charge < -0.3 is 15.5 Å². The highest BCUT2D eigenvalue weighted by Crippen LogP contribution is 2.09. The number of aliphatic imine (C=N–C) groups is 1. The van der Waals surface area contributed by atoms with E-state index in [-0.39, 0.29) is 0 Å². The summed E-state index contributed by atoms with van der Waals surface area (Å²) in [4.78, 5) is 6.84. The average Bonchev–Trinajstić information content (AvgIpc) is 2.48. The fraction of sp³-hybridized carbons (Fsp3) is 0.562. The molecule has 0 aliphatic carbocycles. The van der Waals surface area contributed by atoms with Crippen LogP contribution in [0.4, 0.5) is 5.69 Å². The van der Waals surface area contributed by atoms with E-state index in [0.29, 0.717) is 6.04 Å². The summed E-state index contributed by atoms with van der Waals surface area (Å²) in [6.07, 6.45) is 1.09. The van der Waals surface area contributed by atoms with Gasteiger partial charge in [0.25, 0.3) is 0 Å². The van der Waals surface area contributed by atoms with Crippen molar-refractivity contribution in [3.8, 4) is 0 Å². The first kappa shape index (κ1) is 16.3. The third-order valence-corrected chi connectivity index (χ3v) is 3.24. The summed E-state index contributed by atoms with van der Waals surface area (Å²) in [5, 5.41) is 6.68. The van der Waals surface area contributed by atoms with Crippen molar-refractivity contribution >= 4 is 11.6 Å². The lowest BCUT2D eigenvalue weighted by Crippen LogP contribution is -2.42. The molecule has 2 N–H and O–H groups in total. The van der Waals surface area contributed by atoms with E-state index in [1.54, 1.807) is 0 Å². The van der Waals surface area contributed by atoms with Crippen LogP contribution in [-0.4, -0.2) is 38.7 Å². The molecular weight excluding hydrogens is 248 g/mol. The minimum atomic E-state index is 0.444. The lowest BCUT2D eigenvalue weighted by molar-refractivity contribution is 0.624. The van der Waals surface area contributed by atoms with Crippen molar-refractivity contribution in [3.63, 3.8) is 0 Å². The van der Waals surface area contributed by atoms with Crippen LogP contribution in [0.5, 0.6) is 0 Å². The molecule has 0 spiro atoms. The van der Waals surface area contributed by atoms with Crippen LogP contribution in [0.15, 0.2) is 35.3 Å². The number of rotatable bonds is 7. The Kier molecular flexibility index (Phi) is 7.55. The van der Waals surface area contributed by atoms with Gasteiger partial charge in [-0.2, -0.15) is 0 Å². The van der Waals surface area contributed by atoms with Gasteiger partial charge in [0, 0.05) is 31.9 Å². The number of guanidine groups is 1. The van der Waals surface area contributed by atoms with Crippen LogP contribution in [-0.2, 0) is 0 Å². The molecule has 0 aliphatic rings. The van der Waals surface area contributed by atoms with Gasteiger partial charge in [0.1, 0.15) is 0 Å². The average molecular weight is 276 g/mol. The Morgan fingerprint density at radius 1 is 1.25 bits per heavy atom. The van der Waals surface area contributed by atoms with Gasteiger partial charge in [-0.3, -0.25) is 4.99 Å². The standard InChI is InChI=1S/C16H28N4/c1-5-14(3)19-16(17-6-2)18-12-13-20(4)15-10-8-7-9-11-15/h7-11,14H,5-6,12-13H2,1-4H3,(H2,17,18,19). The van der Waals surface area contributed by atoms with Crippen LogP contribution in [0.1, 0.15) is 27.2 Å². The molecule has 0 saturated carbocycles. The van der Waals surface area contributed by atoms with Crippen LogP contribution in [0.2, 0.25) is 0 Å². The maximum atomic E-state index is 4.62. The number of hydrogen-bond donors (Lipinski definition) is 2. The van der Waals surface area contributed by atoms with Gasteiger partial charge in [0.15, 0.2) is 5.96 Å². The molecule has 1 rings (SSSR count). The predicted molar refractivity (Wildman–Crippen MR) is 88.6 cm³/mol. The molecule has 0 aromatic heterocycles. The van der Waals surface area contributed by atoms with Crippen LogP contribution >= 0.6 is 0 Å². The van der Waals surface area contributed by atoms with E-state index < -0.39 is 0 Å². The zero-order valence-electron chi connectivity index (χ0n) is 13.2. The Morgan fingerprint density at radius 3 is 2.55 bits per heavy atom. The van der Waals surface area contributed by atoms with Gasteiger partial charge in [-0.05, 0) is 32.4 Å². The number of nitrogens with zero attached hydrogens (tertiary/aromatic N) is 2. The Hall–Kier alpha value is -1.71. The Morgan fingerprint density at radius 2 is 1.95 bits per heavy atom. The van der Waals surface area contributed by atoms with Crippen molar-refractivity contribution in [3.05, 3.63) is 30.3 Å². The molecule has 0 bridgehead atoms. The first-order valence-electron chi connectivity index (χ1n) is 7.48. The third kappa shape index (κ3) is 5.95. The molecule has 0 radical (unpaired) electrons. The maximum Gasteiger partial charge on any atom is 0.191 e. The van der Waals surface area contributed by atoms with Gasteiger partial charge >= 0.3 is 0 Å². The number of likely N-dealkylation sites (N-methyl/N-ethyl adjacent to an activating group) is 1. The van der Waals surface area contributed by atoms with E-state index in [9.17, 15) is 0 Å². The van der Waals surface area contributed by atoms with E-state index >= 15 is 0 Å². The van der Waals surface area contributed by atoms with Gasteiger partial charge in [0.05, 0.1) is 6.54 Å². The largest absolute Gasteiger partial charge is 0.373 e. The molecule has 0 fully saturated rings. The van der Waals surface area contributed by atoms with Gasteiger partial charge in [-0.15, -0.1) is 0 Å². The summed E-state index contributed by atoms with van der Waals surface area (Å²) < 4.78 is 0. The molecule has 4 heteroatoms. The second kappa shape index (κ2) is 9.23. The van der Waals surface area contributed by atoms with Crippen molar-refractivity contribution in [2.24, 2.45) is 4.99 Å². The van der Waals surface area contributed by atoms with E-state index in [1.165, 1.54) is 5.69 Å². The molecule has 20 heavy (non-hydrogen) atoms. The Labute approximate surface area is 123 Å². The molecule has 0 aliphatic heterocycles. The fourth-order valence-corrected chi connectivity index (χ4v) is 1.78. The quantitative estimate of drug-likeness (QED) is 0.594. The monoisotopic (exact) mass is 276 g/mol. The van der Waals surface area contributed by atoms with E-state index in [2.05, 4.69) is 72.6 Å². The Balaban J connectivity index is 2.47. The number of benzene rings is 1. The molecule has 0 saturated heterocycles. The first-order chi connectivity index (χ1) is 9.67. The van der Waals surface area contributed by atoms with Crippen LogP contribution in [0.25, 0.3) is 0 Å². The SMILES string of the molecule is CCNC(=NCCN(C)c1ccccc1)NC(C)CC. The predicted octanol–water partition coefficient (Wildman–Crippen LogP) is 2.48. The van der Waals surface area contributed by atoms with Gasteiger partial charge in [-0.25, -0.2) is 0 Å². The van der Waals surface area contributed by atoms with Gasteiger partial charge in [0.2, 0.25) is 0 Å². The zero-order chi connectivity index (χ0) is 14.8. The molecule has 0 heterocycles. The van der Waals surface area contributed by atoms with Crippen molar-refractivity contribution in [1.82, 2.24) is 10.6 Å². The lowest BCUT2D eigenvalue weighted by Gasteiger charge is -2.19. The number of nitrogens with one attached hydrogen (secondary N) is 2. The summed E-state index contributed by atoms with van der Waals surface area (Å²) in [7, 11) is 2.10. The molecular formula is C16H28N4. The number of para-hydroxylation sites is 1. The topological polar surface area (TPSA) is 39.7 Å². The van der Waals surface area contributed by atoms with E-state index in [0.717, 1.165) is 32.0 Å². The molecule has 4 nitrogen and oxygen atoms in total. The first-order valence-corrected chi connectivity index (χ1v) is 7.48. The fourth-order valence-electron chi connectivity index (χ4n) is 1.78. The number of hydrogen-bond acceptors (Lipinski definition) is 2. The van der Waals surface area contributed by atoms with Crippen LogP contribution in [0.3, 0.4) is 0 Å². The summed E-state index contributed by atoms with van der Waals surface area (Å²) >= 11 is 0. The summed E-state index contributed by atoms with van der Waals surface area (Å²) in [6.45, 7) is 8.99. The highest BCUT2D eigenvalue weighted by atomic mass is 15.2. The summed E-state index contributed by atoms with van der Waals surface area (Å²) in [6, 6.07) is 10.8. The Bertz CT molecular complexity index is 389. The van der Waals surface area contributed by atoms with Crippen LogP contribution < -0.4 is 15.5 Å². The second-order valence-electron chi connectivity index (χ2n) is 4.97. The highest BCUT2D eigenvalue weighted by Gasteiger charge is 2.03. The molecule has 1 atom stereocenters. The van der Waals surface area contributed by atoms with E-state index in [4.69, 9.17) is 0 Å². The molecule has 112 valence electrons. The summed E-state index contributed by atoms with van der Waals surface area (Å²) in [5.74, 6) is 0.906. The van der Waals surface area contributed by atoms with Gasteiger partial charge in [-0.1, -0.05) is 25.1 Å². The minimum absolute atomic E-state index is 0.444. The normalized spacial score (nSPS) is 12.9. The molecule has 1 aromatic rings. The number of anilines is 1. The van der Waals surface area contributed by atoms with E-state index in [1.807, 2.05) is 6.07 Å². The lowest BCUT2D eigenvalue weighted by atomic mass is 10.3. The van der Waals surface area contributed by atoms with Crippen molar-refractivity contribution in [1.29, 1.82) is 0 Å². The highest BCUT2D eigenvalue weighted by molar-refractivity contribution is 5.80. The van der Waals surface area contributed by atoms with Crippen molar-refractivity contribution < 1.29 is 0 Å². The second-order valence-corrected chi connectivity index (χ2v) is 4.97. The minimum Gasteiger partial charge on any atom is -0.373 e. The molecule has 1 aromatic carbocycles. The molecule has 0 amide bonds. The van der Waals surface area contributed by atoms with Crippen LogP contribution in [0, 0.1) is 0 Å². The van der Waals surface area contributed by atoms with Crippen molar-refractivity contribution in [2.75, 3.05) is 31.6 Å². The zero-order valence-corrected chi connectivity index (χ0v) is 13.2.